The van der Waals surface area contributed by atoms with E-state index in [1.807, 2.05) is 0 Å². The number of nitrogens with one attached hydrogen (secondary N) is 1. The van der Waals surface area contributed by atoms with E-state index >= 15 is 0 Å². The van der Waals surface area contributed by atoms with Crippen molar-refractivity contribution < 1.29 is 21.4 Å². The van der Waals surface area contributed by atoms with Crippen LogP contribution < -0.4 is 9.86 Å². The second-order valence-electron chi connectivity index (χ2n) is 4.27. The van der Waals surface area contributed by atoms with Crippen LogP contribution in [0.25, 0.3) is 0 Å². The topological polar surface area (TPSA) is 132 Å². The molecule has 0 amide bonds. The SMILES string of the molecule is Cc1cc(CNS(=O)(=O)c2ccc(S(N)(=O)=O)cc2)no1. The van der Waals surface area contributed by atoms with Gasteiger partial charge in [0.2, 0.25) is 20.0 Å². The molecule has 10 heteroatoms. The van der Waals surface area contributed by atoms with Gasteiger partial charge in [0.05, 0.1) is 22.0 Å². The van der Waals surface area contributed by atoms with Crippen LogP contribution in [0.1, 0.15) is 11.5 Å². The van der Waals surface area contributed by atoms with Crippen LogP contribution in [0, 0.1) is 6.92 Å². The van der Waals surface area contributed by atoms with E-state index in [2.05, 4.69) is 9.88 Å². The molecule has 0 saturated carbocycles. The van der Waals surface area contributed by atoms with Crippen LogP contribution in [0.2, 0.25) is 0 Å². The largest absolute Gasteiger partial charge is 0.361 e. The smallest absolute Gasteiger partial charge is 0.240 e. The second kappa shape index (κ2) is 5.56. The van der Waals surface area contributed by atoms with E-state index in [4.69, 9.17) is 9.66 Å². The average Bonchev–Trinajstić information content (AvgIpc) is 2.82. The molecule has 2 rings (SSSR count). The van der Waals surface area contributed by atoms with E-state index in [1.54, 1.807) is 13.0 Å². The molecule has 0 fully saturated rings. The number of nitrogens with two attached hydrogens (primary N) is 1. The fourth-order valence-electron chi connectivity index (χ4n) is 1.56. The highest BCUT2D eigenvalue weighted by Gasteiger charge is 2.16. The molecule has 1 aromatic heterocycles. The molecule has 1 aromatic carbocycles. The minimum Gasteiger partial charge on any atom is -0.361 e. The van der Waals surface area contributed by atoms with Gasteiger partial charge in [-0.2, -0.15) is 0 Å². The van der Waals surface area contributed by atoms with Crippen molar-refractivity contribution in [3.05, 3.63) is 41.8 Å². The van der Waals surface area contributed by atoms with Gasteiger partial charge in [-0.1, -0.05) is 5.16 Å². The van der Waals surface area contributed by atoms with Gasteiger partial charge in [0.1, 0.15) is 5.76 Å². The van der Waals surface area contributed by atoms with Crippen LogP contribution >= 0.6 is 0 Å². The Hall–Kier alpha value is -1.75. The Balaban J connectivity index is 2.16. The zero-order valence-corrected chi connectivity index (χ0v) is 12.6. The lowest BCUT2D eigenvalue weighted by Crippen LogP contribution is -2.23. The Kier molecular flexibility index (Phi) is 4.14. The summed E-state index contributed by atoms with van der Waals surface area (Å²) in [5.74, 6) is 0.571. The number of aromatic nitrogens is 1. The molecule has 0 atom stereocenters. The van der Waals surface area contributed by atoms with E-state index in [0.29, 0.717) is 11.5 Å². The minimum atomic E-state index is -3.86. The summed E-state index contributed by atoms with van der Waals surface area (Å²) in [5.41, 5.74) is 0.442. The highest BCUT2D eigenvalue weighted by molar-refractivity contribution is 7.89. The van der Waals surface area contributed by atoms with Crippen LogP contribution in [0.5, 0.6) is 0 Å². The first-order chi connectivity index (χ1) is 9.68. The lowest BCUT2D eigenvalue weighted by atomic mass is 10.4. The van der Waals surface area contributed by atoms with Crippen molar-refractivity contribution in [3.63, 3.8) is 0 Å². The Morgan fingerprint density at radius 1 is 1.14 bits per heavy atom. The third kappa shape index (κ3) is 3.88. The van der Waals surface area contributed by atoms with E-state index in [-0.39, 0.29) is 16.3 Å². The third-order valence-corrected chi connectivity index (χ3v) is 4.93. The quantitative estimate of drug-likeness (QED) is 0.799. The van der Waals surface area contributed by atoms with Crippen molar-refractivity contribution in [1.82, 2.24) is 9.88 Å². The molecule has 8 nitrogen and oxygen atoms in total. The zero-order valence-electron chi connectivity index (χ0n) is 11.0. The van der Waals surface area contributed by atoms with Gasteiger partial charge in [-0.3, -0.25) is 0 Å². The highest BCUT2D eigenvalue weighted by atomic mass is 32.2. The first kappa shape index (κ1) is 15.6. The molecule has 0 unspecified atom stereocenters. The summed E-state index contributed by atoms with van der Waals surface area (Å²) in [5, 5.41) is 8.60. The van der Waals surface area contributed by atoms with Crippen molar-refractivity contribution in [2.45, 2.75) is 23.3 Å². The minimum absolute atomic E-state index is 0.0311. The summed E-state index contributed by atoms with van der Waals surface area (Å²) >= 11 is 0. The Labute approximate surface area is 122 Å². The predicted octanol–water partition coefficient (Wildman–Crippen LogP) is 0.109. The number of rotatable bonds is 5. The Bertz CT molecular complexity index is 838. The van der Waals surface area contributed by atoms with Gasteiger partial charge < -0.3 is 4.52 Å². The molecule has 0 bridgehead atoms. The average molecular weight is 331 g/mol. The molecular formula is C11H13N3O5S2. The summed E-state index contributed by atoms with van der Waals surface area (Å²) < 4.78 is 53.4. The Morgan fingerprint density at radius 2 is 1.71 bits per heavy atom. The summed E-state index contributed by atoms with van der Waals surface area (Å²) in [6.45, 7) is 1.66. The second-order valence-corrected chi connectivity index (χ2v) is 7.60. The molecule has 0 aliphatic rings. The number of primary sulfonamides is 1. The maximum atomic E-state index is 12.0. The van der Waals surface area contributed by atoms with Crippen LogP contribution in [-0.2, 0) is 26.6 Å². The van der Waals surface area contributed by atoms with Gasteiger partial charge in [0, 0.05) is 6.07 Å². The fraction of sp³-hybridized carbons (Fsp3) is 0.182. The number of nitrogens with zero attached hydrogens (tertiary/aromatic N) is 1. The summed E-state index contributed by atoms with van der Waals surface area (Å²) in [6, 6.07) is 6.19. The molecule has 1 heterocycles. The number of hydrogen-bond acceptors (Lipinski definition) is 6. The van der Waals surface area contributed by atoms with Crippen molar-refractivity contribution in [2.24, 2.45) is 5.14 Å². The molecule has 0 aliphatic carbocycles. The number of hydrogen-bond donors (Lipinski definition) is 2. The summed E-state index contributed by atoms with van der Waals surface area (Å²) in [4.78, 5) is -0.233. The first-order valence-corrected chi connectivity index (χ1v) is 8.76. The number of benzene rings is 1. The van der Waals surface area contributed by atoms with Crippen molar-refractivity contribution in [2.75, 3.05) is 0 Å². The first-order valence-electron chi connectivity index (χ1n) is 5.73. The molecule has 114 valence electrons. The Morgan fingerprint density at radius 3 is 2.19 bits per heavy atom. The van der Waals surface area contributed by atoms with Gasteiger partial charge in [-0.05, 0) is 31.2 Å². The molecule has 0 saturated heterocycles. The lowest BCUT2D eigenvalue weighted by Gasteiger charge is -2.05. The van der Waals surface area contributed by atoms with Crippen molar-refractivity contribution in [1.29, 1.82) is 0 Å². The summed E-state index contributed by atoms with van der Waals surface area (Å²) in [6.07, 6.45) is 0. The molecule has 21 heavy (non-hydrogen) atoms. The summed E-state index contributed by atoms with van der Waals surface area (Å²) in [7, 11) is -7.63. The molecule has 0 aliphatic heterocycles. The predicted molar refractivity (Wildman–Crippen MR) is 73.1 cm³/mol. The monoisotopic (exact) mass is 331 g/mol. The van der Waals surface area contributed by atoms with Gasteiger partial charge >= 0.3 is 0 Å². The molecular weight excluding hydrogens is 318 g/mol. The van der Waals surface area contributed by atoms with Crippen molar-refractivity contribution in [3.8, 4) is 0 Å². The van der Waals surface area contributed by atoms with Crippen LogP contribution in [0.4, 0.5) is 0 Å². The van der Waals surface area contributed by atoms with Gasteiger partial charge in [0.25, 0.3) is 0 Å². The molecule has 0 spiro atoms. The molecule has 2 aromatic rings. The zero-order chi connectivity index (χ0) is 15.7. The maximum absolute atomic E-state index is 12.0. The van der Waals surface area contributed by atoms with E-state index in [1.165, 1.54) is 0 Å². The van der Waals surface area contributed by atoms with Crippen LogP contribution in [0.3, 0.4) is 0 Å². The normalized spacial score (nSPS) is 12.5. The van der Waals surface area contributed by atoms with Gasteiger partial charge in [-0.15, -0.1) is 0 Å². The lowest BCUT2D eigenvalue weighted by molar-refractivity contribution is 0.390. The molecule has 0 radical (unpaired) electrons. The third-order valence-electron chi connectivity index (χ3n) is 2.58. The molecule has 3 N–H and O–H groups in total. The maximum Gasteiger partial charge on any atom is 0.240 e. The van der Waals surface area contributed by atoms with E-state index in [0.717, 1.165) is 24.3 Å². The highest BCUT2D eigenvalue weighted by Crippen LogP contribution is 2.13. The number of aryl methyl sites for hydroxylation is 1. The van der Waals surface area contributed by atoms with E-state index in [9.17, 15) is 16.8 Å². The van der Waals surface area contributed by atoms with Crippen molar-refractivity contribution >= 4 is 20.0 Å². The fourth-order valence-corrected chi connectivity index (χ4v) is 3.08. The van der Waals surface area contributed by atoms with Crippen LogP contribution in [0.15, 0.2) is 44.6 Å². The van der Waals surface area contributed by atoms with E-state index < -0.39 is 20.0 Å². The van der Waals surface area contributed by atoms with Gasteiger partial charge in [-0.25, -0.2) is 26.7 Å². The van der Waals surface area contributed by atoms with Gasteiger partial charge in [0.15, 0.2) is 0 Å². The number of sulfonamides is 2. The standard InChI is InChI=1S/C11H13N3O5S2/c1-8-6-9(14-19-8)7-13-21(17,18)11-4-2-10(3-5-11)20(12,15)16/h2-6,13H,7H2,1H3,(H2,12,15,16). The van der Waals surface area contributed by atoms with Crippen LogP contribution in [-0.4, -0.2) is 22.0 Å².